The summed E-state index contributed by atoms with van der Waals surface area (Å²) in [6, 6.07) is 10.6. The Labute approximate surface area is 208 Å². The molecule has 0 aliphatic carbocycles. The summed E-state index contributed by atoms with van der Waals surface area (Å²) in [5.41, 5.74) is 7.64. The lowest BCUT2D eigenvalue weighted by Crippen LogP contribution is -2.55. The molecule has 1 atom stereocenters. The fraction of sp³-hybridized carbons (Fsp3) is 0.308. The largest absolute Gasteiger partial charge is 0.493 e. The van der Waals surface area contributed by atoms with E-state index >= 15 is 4.39 Å². The first-order chi connectivity index (χ1) is 17.4. The number of nitrogens with zero attached hydrogens (tertiary/aromatic N) is 5. The molecule has 1 aliphatic heterocycles. The van der Waals surface area contributed by atoms with Crippen LogP contribution in [0.5, 0.6) is 11.5 Å². The van der Waals surface area contributed by atoms with E-state index in [4.69, 9.17) is 20.5 Å². The van der Waals surface area contributed by atoms with Crippen LogP contribution in [0, 0.1) is 17.1 Å². The fourth-order valence-electron chi connectivity index (χ4n) is 4.28. The molecule has 1 unspecified atom stereocenters. The number of amides is 1. The van der Waals surface area contributed by atoms with Crippen molar-refractivity contribution in [3.63, 3.8) is 0 Å². The number of nitrogen functional groups attached to an aromatic ring is 1. The first-order valence-corrected chi connectivity index (χ1v) is 11.5. The Morgan fingerprint density at radius 3 is 2.64 bits per heavy atom. The maximum atomic E-state index is 15.2. The summed E-state index contributed by atoms with van der Waals surface area (Å²) < 4.78 is 25.6. The zero-order valence-electron chi connectivity index (χ0n) is 20.4. The summed E-state index contributed by atoms with van der Waals surface area (Å²) in [5.74, 6) is -0.188. The van der Waals surface area contributed by atoms with Crippen LogP contribution in [0.4, 0.5) is 16.2 Å². The van der Waals surface area contributed by atoms with Crippen LogP contribution in [0.1, 0.15) is 24.5 Å². The first-order valence-electron chi connectivity index (χ1n) is 11.5. The predicted molar refractivity (Wildman–Crippen MR) is 135 cm³/mol. The summed E-state index contributed by atoms with van der Waals surface area (Å²) in [7, 11) is 2.78. The molecular formula is C26H27FN6O3. The van der Waals surface area contributed by atoms with Crippen LogP contribution >= 0.6 is 0 Å². The highest BCUT2D eigenvalue weighted by atomic mass is 19.1. The number of hydrogen-bond donors (Lipinski definition) is 1. The molecule has 0 spiro atoms. The number of carbonyl (C=O) groups is 1. The average Bonchev–Trinajstić information content (AvgIpc) is 2.91. The molecule has 0 bridgehead atoms. The Morgan fingerprint density at radius 1 is 1.25 bits per heavy atom. The number of piperazine rings is 1. The van der Waals surface area contributed by atoms with E-state index in [0.29, 0.717) is 36.5 Å². The van der Waals surface area contributed by atoms with Crippen molar-refractivity contribution in [3.8, 4) is 17.6 Å². The monoisotopic (exact) mass is 490 g/mol. The topological polar surface area (TPSA) is 118 Å². The number of carbonyl (C=O) groups excluding carboxylic acids is 1. The Hall–Kier alpha value is -4.39. The minimum absolute atomic E-state index is 0.0499. The van der Waals surface area contributed by atoms with Crippen LogP contribution in [-0.4, -0.2) is 60.7 Å². The van der Waals surface area contributed by atoms with Gasteiger partial charge in [0.2, 0.25) is 11.9 Å². The predicted octanol–water partition coefficient (Wildman–Crippen LogP) is 3.38. The van der Waals surface area contributed by atoms with Gasteiger partial charge in [-0.15, -0.1) is 0 Å². The van der Waals surface area contributed by atoms with Crippen molar-refractivity contribution in [1.29, 1.82) is 5.26 Å². The molecule has 10 heteroatoms. The number of nitriles is 1. The SMILES string of the molecule is CCC1CN(C(=O)C=Cc2ccc(C#N)cc2)CCN1c1nc(N)c2cc(OC)c(OC)c(F)c2n1. The summed E-state index contributed by atoms with van der Waals surface area (Å²) in [6.07, 6.45) is 3.98. The fourth-order valence-corrected chi connectivity index (χ4v) is 4.28. The number of ether oxygens (including phenoxy) is 2. The summed E-state index contributed by atoms with van der Waals surface area (Å²) in [6.45, 7) is 3.39. The third-order valence-corrected chi connectivity index (χ3v) is 6.27. The molecule has 36 heavy (non-hydrogen) atoms. The molecule has 4 rings (SSSR count). The van der Waals surface area contributed by atoms with Crippen LogP contribution in [0.2, 0.25) is 0 Å². The van der Waals surface area contributed by atoms with Crippen LogP contribution < -0.4 is 20.1 Å². The molecule has 2 N–H and O–H groups in total. The van der Waals surface area contributed by atoms with Crippen LogP contribution in [-0.2, 0) is 4.79 Å². The normalized spacial score (nSPS) is 15.8. The molecule has 1 saturated heterocycles. The number of benzene rings is 2. The number of hydrogen-bond acceptors (Lipinski definition) is 8. The minimum atomic E-state index is -0.669. The van der Waals surface area contributed by atoms with Gasteiger partial charge in [0.1, 0.15) is 11.3 Å². The summed E-state index contributed by atoms with van der Waals surface area (Å²) >= 11 is 0. The zero-order chi connectivity index (χ0) is 25.8. The van der Waals surface area contributed by atoms with Gasteiger partial charge >= 0.3 is 0 Å². The van der Waals surface area contributed by atoms with Gasteiger partial charge in [0.25, 0.3) is 0 Å². The standard InChI is InChI=1S/C26H27FN6O3/c1-4-18-15-32(21(34)10-9-16-5-7-17(14-28)8-6-16)11-12-33(18)26-30-23-19(25(29)31-26)13-20(35-2)24(36-3)22(23)27/h5-10,13,18H,4,11-12,15H2,1-3H3,(H2,29,30,31). The first kappa shape index (κ1) is 24.7. The van der Waals surface area contributed by atoms with E-state index in [-0.39, 0.29) is 34.8 Å². The maximum Gasteiger partial charge on any atom is 0.246 e. The molecule has 186 valence electrons. The zero-order valence-corrected chi connectivity index (χ0v) is 20.4. The molecule has 0 saturated carbocycles. The lowest BCUT2D eigenvalue weighted by atomic mass is 10.1. The van der Waals surface area contributed by atoms with E-state index in [1.807, 2.05) is 11.8 Å². The van der Waals surface area contributed by atoms with E-state index < -0.39 is 5.82 Å². The highest BCUT2D eigenvalue weighted by molar-refractivity contribution is 5.93. The van der Waals surface area contributed by atoms with Crippen molar-refractivity contribution in [2.45, 2.75) is 19.4 Å². The van der Waals surface area contributed by atoms with E-state index in [2.05, 4.69) is 16.0 Å². The average molecular weight is 491 g/mol. The summed E-state index contributed by atoms with van der Waals surface area (Å²) in [5, 5.41) is 9.25. The van der Waals surface area contributed by atoms with Gasteiger partial charge in [-0.05, 0) is 36.3 Å². The van der Waals surface area contributed by atoms with Crippen molar-refractivity contribution in [2.24, 2.45) is 0 Å². The molecule has 1 aliphatic rings. The minimum Gasteiger partial charge on any atom is -0.493 e. The molecule has 0 radical (unpaired) electrons. The van der Waals surface area contributed by atoms with Gasteiger partial charge in [0.15, 0.2) is 17.3 Å². The van der Waals surface area contributed by atoms with E-state index in [1.165, 1.54) is 20.3 Å². The number of aromatic nitrogens is 2. The van der Waals surface area contributed by atoms with Gasteiger partial charge in [0.05, 0.1) is 25.9 Å². The number of nitrogens with two attached hydrogens (primary N) is 1. The van der Waals surface area contributed by atoms with Crippen molar-refractivity contribution in [2.75, 3.05) is 44.5 Å². The number of fused-ring (bicyclic) bond motifs is 1. The smallest absolute Gasteiger partial charge is 0.246 e. The van der Waals surface area contributed by atoms with Crippen molar-refractivity contribution in [1.82, 2.24) is 14.9 Å². The molecule has 1 aromatic heterocycles. The van der Waals surface area contributed by atoms with Gasteiger partial charge < -0.3 is 25.0 Å². The van der Waals surface area contributed by atoms with E-state index in [0.717, 1.165) is 12.0 Å². The van der Waals surface area contributed by atoms with Gasteiger partial charge in [-0.1, -0.05) is 19.1 Å². The lowest BCUT2D eigenvalue weighted by Gasteiger charge is -2.41. The van der Waals surface area contributed by atoms with Gasteiger partial charge in [-0.3, -0.25) is 4.79 Å². The number of methoxy groups -OCH3 is 2. The highest BCUT2D eigenvalue weighted by Crippen LogP contribution is 2.38. The molecule has 9 nitrogen and oxygen atoms in total. The van der Waals surface area contributed by atoms with Crippen LogP contribution in [0.3, 0.4) is 0 Å². The number of halogens is 1. The third kappa shape index (κ3) is 4.73. The van der Waals surface area contributed by atoms with Crippen LogP contribution in [0.25, 0.3) is 17.0 Å². The number of anilines is 2. The molecule has 2 aromatic carbocycles. The molecule has 1 fully saturated rings. The Bertz CT molecular complexity index is 1350. The third-order valence-electron chi connectivity index (χ3n) is 6.27. The maximum absolute atomic E-state index is 15.2. The molecule has 2 heterocycles. The van der Waals surface area contributed by atoms with Crippen molar-refractivity contribution >= 4 is 34.7 Å². The summed E-state index contributed by atoms with van der Waals surface area (Å²) in [4.78, 5) is 25.5. The van der Waals surface area contributed by atoms with Gasteiger partial charge in [0, 0.05) is 37.1 Å². The molecule has 3 aromatic rings. The van der Waals surface area contributed by atoms with E-state index in [1.54, 1.807) is 41.3 Å². The van der Waals surface area contributed by atoms with Crippen molar-refractivity contribution < 1.29 is 18.7 Å². The second-order valence-electron chi connectivity index (χ2n) is 8.34. The Balaban J connectivity index is 1.55. The molecule has 1 amide bonds. The quantitative estimate of drug-likeness (QED) is 0.523. The number of rotatable bonds is 6. The van der Waals surface area contributed by atoms with Gasteiger partial charge in [-0.25, -0.2) is 9.37 Å². The second kappa shape index (κ2) is 10.5. The molecular weight excluding hydrogens is 463 g/mol. The lowest BCUT2D eigenvalue weighted by molar-refractivity contribution is -0.126. The van der Waals surface area contributed by atoms with E-state index in [9.17, 15) is 4.79 Å². The highest BCUT2D eigenvalue weighted by Gasteiger charge is 2.30. The van der Waals surface area contributed by atoms with Crippen molar-refractivity contribution in [3.05, 3.63) is 53.4 Å². The van der Waals surface area contributed by atoms with Gasteiger partial charge in [-0.2, -0.15) is 10.2 Å². The Morgan fingerprint density at radius 2 is 2.00 bits per heavy atom. The second-order valence-corrected chi connectivity index (χ2v) is 8.34. The Kier molecular flexibility index (Phi) is 7.20. The van der Waals surface area contributed by atoms with Crippen LogP contribution in [0.15, 0.2) is 36.4 Å².